The van der Waals surface area contributed by atoms with Crippen LogP contribution < -0.4 is 0 Å². The molecule has 9 nitrogen and oxygen atoms in total. The van der Waals surface area contributed by atoms with Gasteiger partial charge in [-0.1, -0.05) is 152 Å². The summed E-state index contributed by atoms with van der Waals surface area (Å²) in [6.45, 7) is 4.35. The SMILES string of the molecule is CCCCC/C=C\C/C=C\C/C=C\CCCCC(=O)OC[C@H](COP(=O)(O)OCC[N+](C)(C)C)OC(=O)CCCCCCCCCCC/C=C\CCCCCCCC. The highest BCUT2D eigenvalue weighted by Gasteiger charge is 2.27. The molecule has 0 aliphatic rings. The Morgan fingerprint density at radius 3 is 1.47 bits per heavy atom. The Morgan fingerprint density at radius 2 is 0.931 bits per heavy atom. The van der Waals surface area contributed by atoms with Gasteiger partial charge in [-0.05, 0) is 77.0 Å². The number of allylic oxidation sites excluding steroid dienone is 8. The van der Waals surface area contributed by atoms with E-state index in [1.807, 2.05) is 21.1 Å². The highest BCUT2D eigenvalue weighted by atomic mass is 31.2. The van der Waals surface area contributed by atoms with Crippen LogP contribution >= 0.6 is 7.82 Å². The van der Waals surface area contributed by atoms with Crippen LogP contribution in [-0.2, 0) is 32.7 Å². The molecule has 2 atom stereocenters. The largest absolute Gasteiger partial charge is 0.472 e. The first-order valence-corrected chi connectivity index (χ1v) is 24.9. The van der Waals surface area contributed by atoms with E-state index in [9.17, 15) is 19.0 Å². The van der Waals surface area contributed by atoms with E-state index in [4.69, 9.17) is 18.5 Å². The maximum atomic E-state index is 12.7. The molecule has 0 aliphatic carbocycles. The Labute approximate surface area is 356 Å². The number of hydrogen-bond donors (Lipinski definition) is 1. The second-order valence-corrected chi connectivity index (χ2v) is 18.2. The Morgan fingerprint density at radius 1 is 0.534 bits per heavy atom. The second kappa shape index (κ2) is 40.4. The van der Waals surface area contributed by atoms with Crippen molar-refractivity contribution in [3.63, 3.8) is 0 Å². The van der Waals surface area contributed by atoms with Gasteiger partial charge in [-0.2, -0.15) is 0 Å². The van der Waals surface area contributed by atoms with Crippen LogP contribution in [0, 0.1) is 0 Å². The first kappa shape index (κ1) is 56.0. The van der Waals surface area contributed by atoms with Crippen molar-refractivity contribution in [3.8, 4) is 0 Å². The van der Waals surface area contributed by atoms with E-state index < -0.39 is 32.5 Å². The Hall–Kier alpha value is -2.03. The summed E-state index contributed by atoms with van der Waals surface area (Å²) >= 11 is 0. The zero-order valence-corrected chi connectivity index (χ0v) is 38.9. The van der Waals surface area contributed by atoms with Crippen molar-refractivity contribution in [1.29, 1.82) is 0 Å². The minimum Gasteiger partial charge on any atom is -0.462 e. The van der Waals surface area contributed by atoms with Crippen molar-refractivity contribution in [2.75, 3.05) is 47.5 Å². The maximum Gasteiger partial charge on any atom is 0.472 e. The first-order valence-electron chi connectivity index (χ1n) is 23.4. The molecular weight excluding hydrogens is 750 g/mol. The summed E-state index contributed by atoms with van der Waals surface area (Å²) in [6.07, 6.45) is 47.3. The monoisotopic (exact) mass is 839 g/mol. The van der Waals surface area contributed by atoms with E-state index in [2.05, 4.69) is 62.5 Å². The quantitative estimate of drug-likeness (QED) is 0.0213. The third-order valence-corrected chi connectivity index (χ3v) is 10.8. The molecule has 0 radical (unpaired) electrons. The van der Waals surface area contributed by atoms with E-state index in [0.29, 0.717) is 23.9 Å². The van der Waals surface area contributed by atoms with Gasteiger partial charge in [0.15, 0.2) is 6.10 Å². The molecule has 0 aromatic rings. The molecule has 0 aromatic heterocycles. The summed E-state index contributed by atoms with van der Waals surface area (Å²) in [5, 5.41) is 0. The Balaban J connectivity index is 4.37. The van der Waals surface area contributed by atoms with Gasteiger partial charge in [-0.15, -0.1) is 0 Å². The van der Waals surface area contributed by atoms with Gasteiger partial charge in [0.1, 0.15) is 19.8 Å². The molecule has 58 heavy (non-hydrogen) atoms. The number of likely N-dealkylation sites (N-methyl/N-ethyl adjacent to an activating group) is 1. The first-order chi connectivity index (χ1) is 28.0. The van der Waals surface area contributed by atoms with Gasteiger partial charge in [0.25, 0.3) is 0 Å². The van der Waals surface area contributed by atoms with Crippen LogP contribution in [0.25, 0.3) is 0 Å². The molecule has 0 bridgehead atoms. The van der Waals surface area contributed by atoms with Gasteiger partial charge >= 0.3 is 19.8 Å². The summed E-state index contributed by atoms with van der Waals surface area (Å²) in [4.78, 5) is 35.4. The van der Waals surface area contributed by atoms with Crippen molar-refractivity contribution >= 4 is 19.8 Å². The number of phosphoric ester groups is 1. The lowest BCUT2D eigenvalue weighted by Crippen LogP contribution is -2.37. The molecule has 0 heterocycles. The van der Waals surface area contributed by atoms with Gasteiger partial charge in [-0.3, -0.25) is 18.6 Å². The molecule has 0 saturated heterocycles. The summed E-state index contributed by atoms with van der Waals surface area (Å²) in [5.74, 6) is -0.845. The summed E-state index contributed by atoms with van der Waals surface area (Å²) < 4.78 is 34.3. The number of quaternary nitrogens is 1. The van der Waals surface area contributed by atoms with E-state index in [1.54, 1.807) is 0 Å². The van der Waals surface area contributed by atoms with Crippen molar-refractivity contribution in [1.82, 2.24) is 0 Å². The van der Waals surface area contributed by atoms with Gasteiger partial charge in [-0.25, -0.2) is 4.57 Å². The molecule has 1 N–H and O–H groups in total. The standard InChI is InChI=1S/C48H88NO8P/c1-6-8-10-12-14-16-18-20-22-23-24-25-27-29-31-33-35-37-39-41-48(51)57-46(45-56-58(52,53)55-43-42-49(3,4)5)44-54-47(50)40-38-36-34-32-30-28-26-21-19-17-15-13-11-9-7-2/h15,17,20-22,26,30,32,46H,6-14,16,18-19,23-25,27-29,31,33-45H2,1-5H3/p+1/b17-15-,22-20-,26-21-,32-30-/t46-/m1/s1. The van der Waals surface area contributed by atoms with Gasteiger partial charge < -0.3 is 18.9 Å². The number of ether oxygens (including phenoxy) is 2. The number of esters is 2. The Bertz CT molecular complexity index is 1130. The van der Waals surface area contributed by atoms with Crippen LogP contribution in [0.1, 0.15) is 194 Å². The van der Waals surface area contributed by atoms with E-state index in [1.165, 1.54) is 103 Å². The fraction of sp³-hybridized carbons (Fsp3) is 0.792. The van der Waals surface area contributed by atoms with Crippen molar-refractivity contribution < 1.29 is 42.1 Å². The van der Waals surface area contributed by atoms with Gasteiger partial charge in [0.2, 0.25) is 0 Å². The fourth-order valence-corrected chi connectivity index (χ4v) is 6.87. The normalized spacial score (nSPS) is 14.0. The number of carbonyl (C=O) groups is 2. The lowest BCUT2D eigenvalue weighted by molar-refractivity contribution is -0.870. The third kappa shape index (κ3) is 43.5. The molecule has 10 heteroatoms. The highest BCUT2D eigenvalue weighted by Crippen LogP contribution is 2.43. The third-order valence-electron chi connectivity index (χ3n) is 9.83. The molecule has 0 fully saturated rings. The number of carbonyl (C=O) groups excluding carboxylic acids is 2. The van der Waals surface area contributed by atoms with E-state index >= 15 is 0 Å². The van der Waals surface area contributed by atoms with Crippen LogP contribution in [0.3, 0.4) is 0 Å². The van der Waals surface area contributed by atoms with Crippen LogP contribution in [0.4, 0.5) is 0 Å². The molecule has 338 valence electrons. The summed E-state index contributed by atoms with van der Waals surface area (Å²) in [7, 11) is 1.45. The molecule has 0 aliphatic heterocycles. The summed E-state index contributed by atoms with van der Waals surface area (Å²) in [5.41, 5.74) is 0. The van der Waals surface area contributed by atoms with Gasteiger partial charge in [0, 0.05) is 12.8 Å². The number of unbranched alkanes of at least 4 members (excludes halogenated alkanes) is 20. The topological polar surface area (TPSA) is 108 Å². The van der Waals surface area contributed by atoms with Crippen molar-refractivity contribution in [3.05, 3.63) is 48.6 Å². The predicted molar refractivity (Wildman–Crippen MR) is 243 cm³/mol. The zero-order valence-electron chi connectivity index (χ0n) is 38.0. The number of nitrogens with zero attached hydrogens (tertiary/aromatic N) is 1. The lowest BCUT2D eigenvalue weighted by Gasteiger charge is -2.24. The Kier molecular flexibility index (Phi) is 39.0. The smallest absolute Gasteiger partial charge is 0.462 e. The number of rotatable bonds is 42. The van der Waals surface area contributed by atoms with Crippen LogP contribution in [0.5, 0.6) is 0 Å². The molecule has 0 saturated carbocycles. The molecule has 0 amide bonds. The highest BCUT2D eigenvalue weighted by molar-refractivity contribution is 7.47. The molecular formula is C48H89NO8P+. The molecule has 1 unspecified atom stereocenters. The molecule has 0 spiro atoms. The average Bonchev–Trinajstić information content (AvgIpc) is 3.17. The lowest BCUT2D eigenvalue weighted by atomic mass is 10.1. The zero-order chi connectivity index (χ0) is 42.8. The van der Waals surface area contributed by atoms with Crippen molar-refractivity contribution in [2.45, 2.75) is 200 Å². The van der Waals surface area contributed by atoms with E-state index in [0.717, 1.165) is 51.4 Å². The molecule has 0 aromatic carbocycles. The predicted octanol–water partition coefficient (Wildman–Crippen LogP) is 13.5. The number of phosphoric acid groups is 1. The van der Waals surface area contributed by atoms with Crippen LogP contribution in [0.2, 0.25) is 0 Å². The van der Waals surface area contributed by atoms with E-state index in [-0.39, 0.29) is 26.1 Å². The maximum absolute atomic E-state index is 12.7. The minimum absolute atomic E-state index is 0.0243. The molecule has 0 rings (SSSR count). The van der Waals surface area contributed by atoms with Crippen LogP contribution in [-0.4, -0.2) is 74.9 Å². The fourth-order valence-electron chi connectivity index (χ4n) is 6.13. The van der Waals surface area contributed by atoms with Crippen LogP contribution in [0.15, 0.2) is 48.6 Å². The van der Waals surface area contributed by atoms with Gasteiger partial charge in [0.05, 0.1) is 27.7 Å². The average molecular weight is 839 g/mol. The summed E-state index contributed by atoms with van der Waals surface area (Å²) in [6, 6.07) is 0. The minimum atomic E-state index is -4.39. The number of hydrogen-bond acceptors (Lipinski definition) is 7. The second-order valence-electron chi connectivity index (χ2n) is 16.8. The van der Waals surface area contributed by atoms with Crippen molar-refractivity contribution in [2.24, 2.45) is 0 Å².